The Morgan fingerprint density at radius 2 is 1.82 bits per heavy atom. The summed E-state index contributed by atoms with van der Waals surface area (Å²) < 4.78 is 32.1. The number of aromatic carboxylic acids is 1. The van der Waals surface area contributed by atoms with Crippen LogP contribution in [0, 0.1) is 11.6 Å². The van der Waals surface area contributed by atoms with Gasteiger partial charge in [-0.05, 0) is 54.6 Å². The number of amides is 2. The molecule has 2 aromatic heterocycles. The van der Waals surface area contributed by atoms with E-state index in [1.54, 1.807) is 17.5 Å². The first kappa shape index (κ1) is 26.2. The van der Waals surface area contributed by atoms with Crippen LogP contribution >= 0.6 is 11.3 Å². The number of aromatic nitrogens is 1. The second-order valence-corrected chi connectivity index (χ2v) is 8.69. The summed E-state index contributed by atoms with van der Waals surface area (Å²) >= 11 is 1.12. The summed E-state index contributed by atoms with van der Waals surface area (Å²) in [4.78, 5) is 39.6. The summed E-state index contributed by atoms with van der Waals surface area (Å²) in [5.74, 6) is -3.79. The van der Waals surface area contributed by atoms with Crippen molar-refractivity contribution in [2.24, 2.45) is 0 Å². The van der Waals surface area contributed by atoms with Gasteiger partial charge in [-0.15, -0.1) is 11.3 Å². The molecule has 0 saturated heterocycles. The van der Waals surface area contributed by atoms with Crippen LogP contribution in [0.3, 0.4) is 0 Å². The van der Waals surface area contributed by atoms with Gasteiger partial charge in [0.2, 0.25) is 11.8 Å². The highest BCUT2D eigenvalue weighted by atomic mass is 32.1. The fourth-order valence-corrected chi connectivity index (χ4v) is 4.01. The van der Waals surface area contributed by atoms with Gasteiger partial charge in [0.05, 0.1) is 5.69 Å². The fourth-order valence-electron chi connectivity index (χ4n) is 3.28. The maximum Gasteiger partial charge on any atom is 0.339 e. The third kappa shape index (κ3) is 6.48. The predicted molar refractivity (Wildman–Crippen MR) is 136 cm³/mol. The van der Waals surface area contributed by atoms with Crippen LogP contribution in [0.15, 0.2) is 64.4 Å². The summed E-state index contributed by atoms with van der Waals surface area (Å²) in [5, 5.41) is 25.8. The van der Waals surface area contributed by atoms with E-state index in [9.17, 15) is 28.3 Å². The van der Waals surface area contributed by atoms with Crippen LogP contribution < -0.4 is 10.6 Å². The molecular formula is C26H19F2N3O6S. The molecule has 2 heterocycles. The number of aromatic hydroxyl groups is 1. The molecule has 12 heteroatoms. The van der Waals surface area contributed by atoms with E-state index >= 15 is 0 Å². The van der Waals surface area contributed by atoms with E-state index in [1.807, 2.05) is 0 Å². The van der Waals surface area contributed by atoms with Crippen molar-refractivity contribution in [1.82, 2.24) is 10.3 Å². The van der Waals surface area contributed by atoms with Crippen molar-refractivity contribution in [2.75, 3.05) is 11.9 Å². The molecular weight excluding hydrogens is 520 g/mol. The molecule has 4 N–H and O–H groups in total. The number of rotatable bonds is 9. The zero-order valence-electron chi connectivity index (χ0n) is 19.4. The average molecular weight is 540 g/mol. The van der Waals surface area contributed by atoms with Gasteiger partial charge >= 0.3 is 5.97 Å². The van der Waals surface area contributed by atoms with Crippen molar-refractivity contribution in [3.05, 3.63) is 82.9 Å². The molecule has 4 rings (SSSR count). The summed E-state index contributed by atoms with van der Waals surface area (Å²) in [5.41, 5.74) is 0.929. The summed E-state index contributed by atoms with van der Waals surface area (Å²) in [6.45, 7) is 0.0469. The van der Waals surface area contributed by atoms with Crippen LogP contribution in [-0.4, -0.2) is 39.5 Å². The molecule has 0 atom stereocenters. The lowest BCUT2D eigenvalue weighted by Gasteiger charge is -2.03. The average Bonchev–Trinajstić information content (AvgIpc) is 3.54. The van der Waals surface area contributed by atoms with Gasteiger partial charge < -0.3 is 25.3 Å². The maximum atomic E-state index is 13.4. The molecule has 0 radical (unpaired) electrons. The monoisotopic (exact) mass is 539 g/mol. The maximum absolute atomic E-state index is 13.4. The number of carboxylic acids is 1. The highest BCUT2D eigenvalue weighted by molar-refractivity contribution is 7.14. The van der Waals surface area contributed by atoms with Crippen LogP contribution in [-0.2, 0) is 9.59 Å². The van der Waals surface area contributed by atoms with E-state index in [4.69, 9.17) is 9.52 Å². The van der Waals surface area contributed by atoms with Crippen molar-refractivity contribution in [2.45, 2.75) is 6.42 Å². The molecule has 0 aliphatic carbocycles. The number of halogens is 2. The van der Waals surface area contributed by atoms with Gasteiger partial charge in [0, 0.05) is 35.5 Å². The number of benzene rings is 2. The van der Waals surface area contributed by atoms with E-state index in [2.05, 4.69) is 15.6 Å². The Labute approximate surface area is 218 Å². The molecule has 0 spiro atoms. The number of phenols is 1. The van der Waals surface area contributed by atoms with Crippen LogP contribution in [0.4, 0.5) is 13.9 Å². The van der Waals surface area contributed by atoms with Crippen LogP contribution in [0.25, 0.3) is 28.7 Å². The molecule has 9 nitrogen and oxygen atoms in total. The smallest absolute Gasteiger partial charge is 0.339 e. The Hall–Kier alpha value is -4.84. The number of hydrogen-bond donors (Lipinski definition) is 4. The lowest BCUT2D eigenvalue weighted by atomic mass is 10.1. The number of thiazole rings is 1. The number of carbonyl (C=O) groups excluding carboxylic acids is 2. The van der Waals surface area contributed by atoms with Crippen LogP contribution in [0.2, 0.25) is 0 Å². The third-order valence-corrected chi connectivity index (χ3v) is 5.91. The Morgan fingerprint density at radius 3 is 2.58 bits per heavy atom. The largest absolute Gasteiger partial charge is 0.507 e. The number of furan rings is 1. The number of carboxylic acid groups (broad SMARTS) is 1. The van der Waals surface area contributed by atoms with E-state index in [-0.39, 0.29) is 29.4 Å². The Morgan fingerprint density at radius 1 is 1.03 bits per heavy atom. The quantitative estimate of drug-likeness (QED) is 0.221. The first-order valence-electron chi connectivity index (χ1n) is 11.0. The highest BCUT2D eigenvalue weighted by Gasteiger charge is 2.13. The molecule has 0 bridgehead atoms. The van der Waals surface area contributed by atoms with Gasteiger partial charge in [-0.2, -0.15) is 0 Å². The minimum Gasteiger partial charge on any atom is -0.507 e. The normalized spacial score (nSPS) is 11.0. The molecule has 38 heavy (non-hydrogen) atoms. The van der Waals surface area contributed by atoms with Crippen molar-refractivity contribution < 1.29 is 37.8 Å². The van der Waals surface area contributed by atoms with Gasteiger partial charge in [-0.25, -0.2) is 18.6 Å². The first-order valence-corrected chi connectivity index (χ1v) is 11.9. The van der Waals surface area contributed by atoms with Crippen LogP contribution in [0.1, 0.15) is 22.5 Å². The topological polar surface area (TPSA) is 142 Å². The van der Waals surface area contributed by atoms with Gasteiger partial charge in [-0.3, -0.25) is 9.59 Å². The molecule has 0 saturated carbocycles. The lowest BCUT2D eigenvalue weighted by molar-refractivity contribution is -0.117. The molecule has 0 aliphatic heterocycles. The molecule has 4 aromatic rings. The zero-order chi connectivity index (χ0) is 27.2. The number of nitrogens with zero attached hydrogens (tertiary/aromatic N) is 1. The van der Waals surface area contributed by atoms with Gasteiger partial charge in [0.1, 0.15) is 22.8 Å². The Kier molecular flexibility index (Phi) is 7.92. The first-order chi connectivity index (χ1) is 18.2. The van der Waals surface area contributed by atoms with Crippen LogP contribution in [0.5, 0.6) is 5.75 Å². The fraction of sp³-hybridized carbons (Fsp3) is 0.0769. The van der Waals surface area contributed by atoms with Crippen molar-refractivity contribution in [3.63, 3.8) is 0 Å². The highest BCUT2D eigenvalue weighted by Crippen LogP contribution is 2.28. The number of nitrogens with one attached hydrogen (secondary N) is 2. The zero-order valence-corrected chi connectivity index (χ0v) is 20.2. The second kappa shape index (κ2) is 11.5. The molecule has 0 unspecified atom stereocenters. The second-order valence-electron chi connectivity index (χ2n) is 7.83. The summed E-state index contributed by atoms with van der Waals surface area (Å²) in [6.07, 6.45) is 2.60. The molecule has 2 amide bonds. The third-order valence-electron chi connectivity index (χ3n) is 5.15. The van der Waals surface area contributed by atoms with Crippen molar-refractivity contribution in [1.29, 1.82) is 0 Å². The standard InChI is InChI=1S/C26H19F2N3O6S/c27-18-5-1-14(12-19(18)28)20-13-38-26(30-20)31-24(34)9-10-29-23(33)8-4-16-3-7-22(37-16)15-2-6-21(32)17(11-15)25(35)36/h1-8,11-13,32H,9-10H2,(H,29,33)(H,35,36)(H,30,31,34)/b8-4+. The van der Waals surface area contributed by atoms with E-state index in [0.29, 0.717) is 28.3 Å². The minimum atomic E-state index is -1.28. The molecule has 194 valence electrons. The SMILES string of the molecule is O=C(/C=C/c1ccc(-c2ccc(O)c(C(=O)O)c2)o1)NCCC(=O)Nc1nc(-c2ccc(F)c(F)c2)cs1. The molecule has 0 fully saturated rings. The molecule has 2 aromatic carbocycles. The number of carbonyl (C=O) groups is 3. The van der Waals surface area contributed by atoms with Gasteiger partial charge in [0.15, 0.2) is 16.8 Å². The van der Waals surface area contributed by atoms with E-state index in [0.717, 1.165) is 23.5 Å². The minimum absolute atomic E-state index is 0.0304. The molecule has 0 aliphatic rings. The van der Waals surface area contributed by atoms with Crippen molar-refractivity contribution >= 4 is 40.3 Å². The van der Waals surface area contributed by atoms with E-state index < -0.39 is 29.4 Å². The number of hydrogen-bond acceptors (Lipinski definition) is 7. The lowest BCUT2D eigenvalue weighted by Crippen LogP contribution is -2.26. The Bertz CT molecular complexity index is 1550. The summed E-state index contributed by atoms with van der Waals surface area (Å²) in [6, 6.07) is 10.6. The van der Waals surface area contributed by atoms with E-state index in [1.165, 1.54) is 36.4 Å². The summed E-state index contributed by atoms with van der Waals surface area (Å²) in [7, 11) is 0. The van der Waals surface area contributed by atoms with Crippen molar-refractivity contribution in [3.8, 4) is 28.3 Å². The predicted octanol–water partition coefficient (Wildman–Crippen LogP) is 4.91. The number of anilines is 1. The van der Waals surface area contributed by atoms with Gasteiger partial charge in [-0.1, -0.05) is 0 Å². The van der Waals surface area contributed by atoms with Gasteiger partial charge in [0.25, 0.3) is 0 Å². The Balaban J connectivity index is 1.24.